The fourth-order valence-electron chi connectivity index (χ4n) is 3.25. The van der Waals surface area contributed by atoms with Crippen molar-refractivity contribution in [1.82, 2.24) is 9.88 Å². The maximum absolute atomic E-state index is 12.9. The molecule has 1 aliphatic heterocycles. The van der Waals surface area contributed by atoms with Crippen LogP contribution in [-0.4, -0.2) is 42.0 Å². The van der Waals surface area contributed by atoms with Gasteiger partial charge in [-0.2, -0.15) is 0 Å². The van der Waals surface area contributed by atoms with Crippen LogP contribution < -0.4 is 4.90 Å². The van der Waals surface area contributed by atoms with E-state index in [-0.39, 0.29) is 5.91 Å². The number of nitrogens with zero attached hydrogens (tertiary/aromatic N) is 3. The van der Waals surface area contributed by atoms with E-state index in [1.165, 1.54) is 0 Å². The van der Waals surface area contributed by atoms with Crippen LogP contribution in [0.4, 0.5) is 5.82 Å². The number of carbonyl (C=O) groups is 1. The molecule has 1 aliphatic rings. The van der Waals surface area contributed by atoms with Gasteiger partial charge in [0.05, 0.1) is 10.0 Å². The fraction of sp³-hybridized carbons (Fsp3) is 0.263. The summed E-state index contributed by atoms with van der Waals surface area (Å²) in [6, 6.07) is 9.26. The first-order chi connectivity index (χ1) is 12.5. The molecule has 0 atom stereocenters. The van der Waals surface area contributed by atoms with E-state index in [1.807, 2.05) is 36.1 Å². The van der Waals surface area contributed by atoms with Gasteiger partial charge in [0, 0.05) is 43.3 Å². The number of piperazine rings is 1. The number of hydrogen-bond donors (Lipinski definition) is 0. The van der Waals surface area contributed by atoms with E-state index < -0.39 is 0 Å². The third-order valence-electron chi connectivity index (χ3n) is 4.71. The minimum atomic E-state index is -0.0986. The van der Waals surface area contributed by atoms with Crippen LogP contribution in [0.15, 0.2) is 40.9 Å². The van der Waals surface area contributed by atoms with Gasteiger partial charge in [-0.3, -0.25) is 4.79 Å². The molecule has 0 radical (unpaired) electrons. The minimum absolute atomic E-state index is 0.0986. The summed E-state index contributed by atoms with van der Waals surface area (Å²) < 4.78 is 5.81. The third-order valence-corrected chi connectivity index (χ3v) is 5.23. The number of hydrogen-bond acceptors (Lipinski definition) is 4. The molecule has 3 heterocycles. The van der Waals surface area contributed by atoms with Gasteiger partial charge < -0.3 is 14.2 Å². The molecule has 134 valence electrons. The molecule has 1 amide bonds. The zero-order chi connectivity index (χ0) is 18.3. The van der Waals surface area contributed by atoms with Gasteiger partial charge in [0.2, 0.25) is 0 Å². The Bertz CT molecular complexity index is 961. The van der Waals surface area contributed by atoms with Crippen LogP contribution in [-0.2, 0) is 0 Å². The number of halogens is 2. The summed E-state index contributed by atoms with van der Waals surface area (Å²) in [6.07, 6.45) is 1.63. The minimum Gasteiger partial charge on any atom is -0.449 e. The van der Waals surface area contributed by atoms with E-state index in [2.05, 4.69) is 9.88 Å². The monoisotopic (exact) mass is 389 g/mol. The first-order valence-electron chi connectivity index (χ1n) is 8.38. The molecule has 0 bridgehead atoms. The molecule has 3 aromatic rings. The molecule has 0 N–H and O–H groups in total. The molecular formula is C19H17Cl2N3O2. The molecule has 0 spiro atoms. The first-order valence-corrected chi connectivity index (χ1v) is 9.13. The van der Waals surface area contributed by atoms with Crippen LogP contribution >= 0.6 is 23.2 Å². The first kappa shape index (κ1) is 17.2. The lowest BCUT2D eigenvalue weighted by atomic mass is 10.1. The summed E-state index contributed by atoms with van der Waals surface area (Å²) >= 11 is 12.1. The number of pyridine rings is 1. The molecule has 4 rings (SSSR count). The third kappa shape index (κ3) is 3.02. The highest BCUT2D eigenvalue weighted by Crippen LogP contribution is 2.31. The molecule has 1 saturated heterocycles. The van der Waals surface area contributed by atoms with E-state index in [0.717, 1.165) is 16.8 Å². The maximum atomic E-state index is 12.9. The van der Waals surface area contributed by atoms with Gasteiger partial charge in [-0.25, -0.2) is 4.98 Å². The second kappa shape index (κ2) is 6.82. The Labute approximate surface area is 161 Å². The lowest BCUT2D eigenvalue weighted by Gasteiger charge is -2.35. The summed E-state index contributed by atoms with van der Waals surface area (Å²) in [4.78, 5) is 21.2. The quantitative estimate of drug-likeness (QED) is 0.651. The van der Waals surface area contributed by atoms with E-state index in [9.17, 15) is 4.79 Å². The normalized spacial score (nSPS) is 14.9. The van der Waals surface area contributed by atoms with E-state index in [1.54, 1.807) is 12.3 Å². The van der Waals surface area contributed by atoms with Crippen molar-refractivity contribution in [2.45, 2.75) is 6.92 Å². The number of amides is 1. The van der Waals surface area contributed by atoms with Gasteiger partial charge in [-0.15, -0.1) is 0 Å². The van der Waals surface area contributed by atoms with E-state index >= 15 is 0 Å². The number of furan rings is 1. The average Bonchev–Trinajstić information content (AvgIpc) is 3.00. The Balaban J connectivity index is 1.51. The van der Waals surface area contributed by atoms with Gasteiger partial charge in [-0.1, -0.05) is 35.3 Å². The van der Waals surface area contributed by atoms with Crippen molar-refractivity contribution < 1.29 is 9.21 Å². The number of aromatic nitrogens is 1. The molecule has 1 fully saturated rings. The number of rotatable bonds is 2. The van der Waals surface area contributed by atoms with Crippen LogP contribution in [0.1, 0.15) is 16.1 Å². The SMILES string of the molecule is Cc1c(C(=O)N2CCN(c3ccc(Cl)cn3)CC2)oc2c(Cl)cccc12. The smallest absolute Gasteiger partial charge is 0.290 e. The van der Waals surface area contributed by atoms with Crippen LogP contribution in [0.5, 0.6) is 0 Å². The number of para-hydroxylation sites is 1. The van der Waals surface area contributed by atoms with Crippen molar-refractivity contribution in [2.75, 3.05) is 31.1 Å². The van der Waals surface area contributed by atoms with Gasteiger partial charge in [-0.05, 0) is 25.1 Å². The highest BCUT2D eigenvalue weighted by molar-refractivity contribution is 6.35. The summed E-state index contributed by atoms with van der Waals surface area (Å²) in [5, 5.41) is 2.01. The van der Waals surface area contributed by atoms with Crippen molar-refractivity contribution in [2.24, 2.45) is 0 Å². The lowest BCUT2D eigenvalue weighted by molar-refractivity contribution is 0.0716. The van der Waals surface area contributed by atoms with E-state index in [0.29, 0.717) is 47.6 Å². The van der Waals surface area contributed by atoms with Crippen LogP contribution in [0, 0.1) is 6.92 Å². The molecule has 5 nitrogen and oxygen atoms in total. The zero-order valence-electron chi connectivity index (χ0n) is 14.2. The average molecular weight is 390 g/mol. The number of anilines is 1. The standard InChI is InChI=1S/C19H17Cl2N3O2/c1-12-14-3-2-4-15(21)18(14)26-17(12)19(25)24-9-7-23(8-10-24)16-6-5-13(20)11-22-16/h2-6,11H,7-10H2,1H3. The number of fused-ring (bicyclic) bond motifs is 1. The maximum Gasteiger partial charge on any atom is 0.290 e. The second-order valence-corrected chi connectivity index (χ2v) is 7.13. The highest BCUT2D eigenvalue weighted by atomic mass is 35.5. The summed E-state index contributed by atoms with van der Waals surface area (Å²) in [5.74, 6) is 1.14. The Hall–Kier alpha value is -2.24. The predicted octanol–water partition coefficient (Wildman–Crippen LogP) is 4.41. The lowest BCUT2D eigenvalue weighted by Crippen LogP contribution is -2.49. The Kier molecular flexibility index (Phi) is 4.51. The van der Waals surface area contributed by atoms with Gasteiger partial charge >= 0.3 is 0 Å². The Morgan fingerprint density at radius 1 is 1.12 bits per heavy atom. The highest BCUT2D eigenvalue weighted by Gasteiger charge is 2.27. The number of aryl methyl sites for hydroxylation is 1. The van der Waals surface area contributed by atoms with Crippen molar-refractivity contribution in [3.8, 4) is 0 Å². The summed E-state index contributed by atoms with van der Waals surface area (Å²) in [7, 11) is 0. The molecule has 26 heavy (non-hydrogen) atoms. The Morgan fingerprint density at radius 2 is 1.88 bits per heavy atom. The van der Waals surface area contributed by atoms with Gasteiger partial charge in [0.15, 0.2) is 11.3 Å². The fourth-order valence-corrected chi connectivity index (χ4v) is 3.58. The molecule has 0 aliphatic carbocycles. The van der Waals surface area contributed by atoms with Gasteiger partial charge in [0.1, 0.15) is 5.82 Å². The van der Waals surface area contributed by atoms with Crippen LogP contribution in [0.3, 0.4) is 0 Å². The summed E-state index contributed by atoms with van der Waals surface area (Å²) in [6.45, 7) is 4.52. The predicted molar refractivity (Wildman–Crippen MR) is 103 cm³/mol. The number of carbonyl (C=O) groups excluding carboxylic acids is 1. The van der Waals surface area contributed by atoms with Crippen LogP contribution in [0.2, 0.25) is 10.0 Å². The second-order valence-electron chi connectivity index (χ2n) is 6.29. The summed E-state index contributed by atoms with van der Waals surface area (Å²) in [5.41, 5.74) is 1.40. The number of benzene rings is 1. The molecular weight excluding hydrogens is 373 g/mol. The van der Waals surface area contributed by atoms with Crippen LogP contribution in [0.25, 0.3) is 11.0 Å². The molecule has 0 unspecified atom stereocenters. The van der Waals surface area contributed by atoms with Crippen molar-refractivity contribution in [3.05, 3.63) is 57.9 Å². The van der Waals surface area contributed by atoms with Crippen molar-refractivity contribution in [3.63, 3.8) is 0 Å². The largest absolute Gasteiger partial charge is 0.449 e. The van der Waals surface area contributed by atoms with Gasteiger partial charge in [0.25, 0.3) is 5.91 Å². The zero-order valence-corrected chi connectivity index (χ0v) is 15.7. The molecule has 1 aromatic carbocycles. The van der Waals surface area contributed by atoms with E-state index in [4.69, 9.17) is 27.6 Å². The van der Waals surface area contributed by atoms with Crippen molar-refractivity contribution in [1.29, 1.82) is 0 Å². The van der Waals surface area contributed by atoms with Crippen molar-refractivity contribution >= 4 is 45.9 Å². The molecule has 7 heteroatoms. The Morgan fingerprint density at radius 3 is 2.54 bits per heavy atom. The molecule has 2 aromatic heterocycles. The topological polar surface area (TPSA) is 49.6 Å². The molecule has 0 saturated carbocycles.